The molecule has 1 aliphatic carbocycles. The maximum absolute atomic E-state index is 6.02. The van der Waals surface area contributed by atoms with Gasteiger partial charge in [-0.3, -0.25) is 4.90 Å². The molecule has 1 rings (SSSR count). The molecule has 2 nitrogen and oxygen atoms in total. The van der Waals surface area contributed by atoms with Gasteiger partial charge in [-0.25, -0.2) is 0 Å². The van der Waals surface area contributed by atoms with Crippen molar-refractivity contribution in [2.45, 2.75) is 57.9 Å². The second-order valence-electron chi connectivity index (χ2n) is 5.22. The molecule has 1 fully saturated rings. The fraction of sp³-hybridized carbons (Fsp3) is 1.00. The molecule has 0 bridgehead atoms. The van der Waals surface area contributed by atoms with Crippen molar-refractivity contribution in [2.75, 3.05) is 20.1 Å². The predicted octanol–water partition coefficient (Wildman–Crippen LogP) is 2.63. The monoisotopic (exact) mass is 212 g/mol. The molecule has 0 aromatic heterocycles. The van der Waals surface area contributed by atoms with E-state index >= 15 is 0 Å². The van der Waals surface area contributed by atoms with Gasteiger partial charge in [-0.15, -0.1) is 0 Å². The minimum absolute atomic E-state index is 0.329. The molecule has 1 saturated carbocycles. The molecule has 1 aliphatic rings. The zero-order valence-electron chi connectivity index (χ0n) is 10.8. The second-order valence-corrected chi connectivity index (χ2v) is 5.22. The SMILES string of the molecule is CCCCN(C)C1(CN)CCC(CC)C1. The van der Waals surface area contributed by atoms with E-state index in [1.165, 1.54) is 45.1 Å². The molecule has 0 heterocycles. The lowest BCUT2D eigenvalue weighted by Gasteiger charge is -2.38. The normalized spacial score (nSPS) is 31.4. The van der Waals surface area contributed by atoms with E-state index < -0.39 is 0 Å². The summed E-state index contributed by atoms with van der Waals surface area (Å²) in [5.41, 5.74) is 6.35. The highest BCUT2D eigenvalue weighted by atomic mass is 15.2. The summed E-state index contributed by atoms with van der Waals surface area (Å²) in [5, 5.41) is 0. The van der Waals surface area contributed by atoms with Crippen molar-refractivity contribution in [1.29, 1.82) is 0 Å². The Labute approximate surface area is 95.2 Å². The Balaban J connectivity index is 2.53. The summed E-state index contributed by atoms with van der Waals surface area (Å²) in [6, 6.07) is 0. The number of nitrogens with two attached hydrogens (primary N) is 1. The van der Waals surface area contributed by atoms with E-state index in [0.717, 1.165) is 12.5 Å². The molecule has 0 saturated heterocycles. The molecule has 90 valence electrons. The van der Waals surface area contributed by atoms with Crippen LogP contribution in [-0.4, -0.2) is 30.6 Å². The third kappa shape index (κ3) is 2.94. The lowest BCUT2D eigenvalue weighted by atomic mass is 9.93. The standard InChI is InChI=1S/C13H28N2/c1-4-6-9-15(3)13(11-14)8-7-12(5-2)10-13/h12H,4-11,14H2,1-3H3. The Morgan fingerprint density at radius 3 is 2.60 bits per heavy atom. The van der Waals surface area contributed by atoms with Crippen LogP contribution < -0.4 is 5.73 Å². The minimum atomic E-state index is 0.329. The average molecular weight is 212 g/mol. The van der Waals surface area contributed by atoms with E-state index in [2.05, 4.69) is 25.8 Å². The van der Waals surface area contributed by atoms with E-state index in [9.17, 15) is 0 Å². The van der Waals surface area contributed by atoms with Crippen LogP contribution in [0.3, 0.4) is 0 Å². The summed E-state index contributed by atoms with van der Waals surface area (Å²) in [6.45, 7) is 6.61. The minimum Gasteiger partial charge on any atom is -0.329 e. The van der Waals surface area contributed by atoms with Crippen LogP contribution >= 0.6 is 0 Å². The van der Waals surface area contributed by atoms with Crippen LogP contribution in [0, 0.1) is 5.92 Å². The molecule has 0 spiro atoms. The maximum Gasteiger partial charge on any atom is 0.0331 e. The lowest BCUT2D eigenvalue weighted by Crippen LogP contribution is -2.50. The Kier molecular flexibility index (Phi) is 5.07. The van der Waals surface area contributed by atoms with Gasteiger partial charge in [-0.2, -0.15) is 0 Å². The number of hydrogen-bond acceptors (Lipinski definition) is 2. The molecule has 15 heavy (non-hydrogen) atoms. The number of nitrogens with zero attached hydrogens (tertiary/aromatic N) is 1. The van der Waals surface area contributed by atoms with Gasteiger partial charge in [0.1, 0.15) is 0 Å². The highest BCUT2D eigenvalue weighted by Crippen LogP contribution is 2.39. The number of hydrogen-bond donors (Lipinski definition) is 1. The fourth-order valence-corrected chi connectivity index (χ4v) is 2.88. The topological polar surface area (TPSA) is 29.3 Å². The summed E-state index contributed by atoms with van der Waals surface area (Å²) in [4.78, 5) is 2.53. The molecule has 0 aromatic carbocycles. The average Bonchev–Trinajstić information content (AvgIpc) is 2.70. The van der Waals surface area contributed by atoms with Crippen LogP contribution in [-0.2, 0) is 0 Å². The molecular formula is C13H28N2. The molecule has 2 heteroatoms. The van der Waals surface area contributed by atoms with Gasteiger partial charge in [0.05, 0.1) is 0 Å². The highest BCUT2D eigenvalue weighted by Gasteiger charge is 2.40. The van der Waals surface area contributed by atoms with Crippen molar-refractivity contribution in [2.24, 2.45) is 11.7 Å². The first kappa shape index (κ1) is 13.0. The van der Waals surface area contributed by atoms with Gasteiger partial charge in [-0.1, -0.05) is 26.7 Å². The van der Waals surface area contributed by atoms with Gasteiger partial charge in [0.2, 0.25) is 0 Å². The van der Waals surface area contributed by atoms with Crippen LogP contribution in [0.25, 0.3) is 0 Å². The molecule has 2 atom stereocenters. The van der Waals surface area contributed by atoms with Crippen LogP contribution in [0.4, 0.5) is 0 Å². The Bertz CT molecular complexity index is 181. The van der Waals surface area contributed by atoms with Gasteiger partial charge in [0.15, 0.2) is 0 Å². The lowest BCUT2D eigenvalue weighted by molar-refractivity contribution is 0.125. The van der Waals surface area contributed by atoms with E-state index in [1.54, 1.807) is 0 Å². The zero-order valence-corrected chi connectivity index (χ0v) is 10.8. The van der Waals surface area contributed by atoms with Crippen molar-refractivity contribution in [3.63, 3.8) is 0 Å². The number of unbranched alkanes of at least 4 members (excludes halogenated alkanes) is 1. The maximum atomic E-state index is 6.02. The summed E-state index contributed by atoms with van der Waals surface area (Å²) < 4.78 is 0. The first-order valence-corrected chi connectivity index (χ1v) is 6.59. The molecular weight excluding hydrogens is 184 g/mol. The predicted molar refractivity (Wildman–Crippen MR) is 67.0 cm³/mol. The Morgan fingerprint density at radius 1 is 1.40 bits per heavy atom. The van der Waals surface area contributed by atoms with Gasteiger partial charge in [0, 0.05) is 12.1 Å². The Morgan fingerprint density at radius 2 is 2.13 bits per heavy atom. The van der Waals surface area contributed by atoms with Crippen LogP contribution in [0.15, 0.2) is 0 Å². The van der Waals surface area contributed by atoms with E-state index in [4.69, 9.17) is 5.73 Å². The van der Waals surface area contributed by atoms with Crippen LogP contribution in [0.2, 0.25) is 0 Å². The van der Waals surface area contributed by atoms with Gasteiger partial charge in [-0.05, 0) is 45.2 Å². The molecule has 2 N–H and O–H groups in total. The first-order valence-electron chi connectivity index (χ1n) is 6.59. The molecule has 0 aromatic rings. The summed E-state index contributed by atoms with van der Waals surface area (Å²) in [6.07, 6.45) is 7.91. The third-order valence-corrected chi connectivity index (χ3v) is 4.30. The van der Waals surface area contributed by atoms with Gasteiger partial charge in [0.25, 0.3) is 0 Å². The number of likely N-dealkylation sites (N-methyl/N-ethyl adjacent to an activating group) is 1. The van der Waals surface area contributed by atoms with Crippen molar-refractivity contribution >= 4 is 0 Å². The largest absolute Gasteiger partial charge is 0.329 e. The zero-order chi connectivity index (χ0) is 11.3. The van der Waals surface area contributed by atoms with E-state index in [1.807, 2.05) is 0 Å². The molecule has 0 amide bonds. The van der Waals surface area contributed by atoms with Gasteiger partial charge < -0.3 is 5.73 Å². The van der Waals surface area contributed by atoms with E-state index in [0.29, 0.717) is 5.54 Å². The van der Waals surface area contributed by atoms with Crippen molar-refractivity contribution in [3.8, 4) is 0 Å². The van der Waals surface area contributed by atoms with Crippen molar-refractivity contribution in [1.82, 2.24) is 4.90 Å². The number of rotatable bonds is 6. The third-order valence-electron chi connectivity index (χ3n) is 4.30. The summed E-state index contributed by atoms with van der Waals surface area (Å²) >= 11 is 0. The molecule has 0 radical (unpaired) electrons. The summed E-state index contributed by atoms with van der Waals surface area (Å²) in [5.74, 6) is 0.914. The van der Waals surface area contributed by atoms with Crippen molar-refractivity contribution < 1.29 is 0 Å². The first-order chi connectivity index (χ1) is 7.18. The smallest absolute Gasteiger partial charge is 0.0331 e. The molecule has 0 aliphatic heterocycles. The highest BCUT2D eigenvalue weighted by molar-refractivity contribution is 4.97. The van der Waals surface area contributed by atoms with Crippen LogP contribution in [0.1, 0.15) is 52.4 Å². The summed E-state index contributed by atoms with van der Waals surface area (Å²) in [7, 11) is 2.26. The second kappa shape index (κ2) is 5.86. The van der Waals surface area contributed by atoms with Crippen LogP contribution in [0.5, 0.6) is 0 Å². The molecule has 2 unspecified atom stereocenters. The Hall–Kier alpha value is -0.0800. The van der Waals surface area contributed by atoms with Crippen molar-refractivity contribution in [3.05, 3.63) is 0 Å². The quantitative estimate of drug-likeness (QED) is 0.733. The van der Waals surface area contributed by atoms with E-state index in [-0.39, 0.29) is 0 Å². The van der Waals surface area contributed by atoms with Gasteiger partial charge >= 0.3 is 0 Å². The fourth-order valence-electron chi connectivity index (χ4n) is 2.88.